The van der Waals surface area contributed by atoms with Gasteiger partial charge in [0.2, 0.25) is 11.8 Å². The molecule has 6 aromatic heterocycles. The average molecular weight is 1180 g/mol. The molecule has 2 fully saturated rings. The first-order valence-electron chi connectivity index (χ1n) is 26.1. The molecule has 83 heavy (non-hydrogen) atoms. The van der Waals surface area contributed by atoms with Crippen molar-refractivity contribution in [2.75, 3.05) is 39.4 Å². The number of rotatable bonds is 10. The van der Waals surface area contributed by atoms with Crippen molar-refractivity contribution in [3.05, 3.63) is 142 Å². The van der Waals surface area contributed by atoms with Crippen LogP contribution in [-0.2, 0) is 9.59 Å². The summed E-state index contributed by atoms with van der Waals surface area (Å²) < 4.78 is 90.4. The largest absolute Gasteiger partial charge is 0.424 e. The fourth-order valence-corrected chi connectivity index (χ4v) is 11.3. The van der Waals surface area contributed by atoms with Gasteiger partial charge in [0.05, 0.1) is 81.6 Å². The molecule has 2 N–H and O–H groups in total. The van der Waals surface area contributed by atoms with Crippen LogP contribution in [0.2, 0.25) is 10.0 Å². The van der Waals surface area contributed by atoms with Crippen LogP contribution >= 0.6 is 23.2 Å². The summed E-state index contributed by atoms with van der Waals surface area (Å²) in [6.45, 7) is 5.79. The highest BCUT2D eigenvalue weighted by atomic mass is 35.5. The summed E-state index contributed by atoms with van der Waals surface area (Å²) in [5, 5.41) is 20.0. The number of aromatic nitrogens is 10. The van der Waals surface area contributed by atoms with Crippen molar-refractivity contribution in [3.8, 4) is 45.8 Å². The number of hydrogen-bond donors (Lipinski definition) is 2. The number of imidazole rings is 2. The van der Waals surface area contributed by atoms with Gasteiger partial charge < -0.3 is 38.6 Å². The van der Waals surface area contributed by atoms with Crippen molar-refractivity contribution in [3.63, 3.8) is 0 Å². The zero-order chi connectivity index (χ0) is 58.5. The van der Waals surface area contributed by atoms with Crippen molar-refractivity contribution in [1.82, 2.24) is 58.8 Å². The minimum Gasteiger partial charge on any atom is -0.424 e. The number of piperidine rings is 2. The number of fused-ring (bicyclic) bond motifs is 6. The van der Waals surface area contributed by atoms with Crippen LogP contribution in [0, 0.1) is 45.1 Å². The fraction of sp³-hybridized carbons (Fsp3) is 0.276. The Hall–Kier alpha value is -8.51. The Bertz CT molecular complexity index is 4210. The lowest BCUT2D eigenvalue weighted by Crippen LogP contribution is -2.46. The van der Waals surface area contributed by atoms with Crippen LogP contribution < -0.4 is 9.47 Å². The van der Waals surface area contributed by atoms with E-state index in [0.717, 1.165) is 11.9 Å². The number of halogens is 7. The maximum atomic E-state index is 15.5. The third-order valence-electron chi connectivity index (χ3n) is 14.8. The van der Waals surface area contributed by atoms with Crippen LogP contribution in [0.1, 0.15) is 48.0 Å². The maximum Gasteiger partial charge on any atom is 0.322 e. The molecule has 8 heterocycles. The number of benzene rings is 4. The maximum absolute atomic E-state index is 15.5. The third-order valence-corrected chi connectivity index (χ3v) is 15.4. The summed E-state index contributed by atoms with van der Waals surface area (Å²) >= 11 is 13.2. The number of hydrogen-bond acceptors (Lipinski definition) is 14. The molecule has 0 saturated carbocycles. The van der Waals surface area contributed by atoms with Crippen molar-refractivity contribution >= 4 is 78.9 Å². The molecule has 2 aliphatic heterocycles. The number of nitrogens with zero attached hydrogens (tertiary/aromatic N) is 12. The molecule has 0 aliphatic carbocycles. The Morgan fingerprint density at radius 2 is 1.04 bits per heavy atom. The molecule has 0 bridgehead atoms. The Kier molecular flexibility index (Phi) is 15.6. The van der Waals surface area contributed by atoms with Crippen LogP contribution in [0.15, 0.2) is 91.5 Å². The zero-order valence-corrected chi connectivity index (χ0v) is 46.2. The summed E-state index contributed by atoms with van der Waals surface area (Å²) in [6, 6.07) is 16.0. The molecule has 4 atom stereocenters. The van der Waals surface area contributed by atoms with Gasteiger partial charge in [0.15, 0.2) is 5.82 Å². The topological polar surface area (TPSA) is 213 Å². The number of aliphatic hydroxyl groups is 2. The van der Waals surface area contributed by atoms with Crippen LogP contribution in [0.4, 0.5) is 22.0 Å². The summed E-state index contributed by atoms with van der Waals surface area (Å²) in [7, 11) is 0. The van der Waals surface area contributed by atoms with E-state index in [4.69, 9.17) is 32.7 Å². The Morgan fingerprint density at radius 1 is 0.566 bits per heavy atom. The lowest BCUT2D eigenvalue weighted by molar-refractivity contribution is -0.137. The van der Waals surface area contributed by atoms with E-state index in [1.165, 1.54) is 41.1 Å². The molecule has 2 amide bonds. The monoisotopic (exact) mass is 1170 g/mol. The summed E-state index contributed by atoms with van der Waals surface area (Å²) in [5.74, 6) is -0.887. The number of carbonyl (C=O) groups is 2. The SMILES string of the molecule is Cc1ccnc(Oc2ccc(-c3cc4c(cc3F)ncc3nc(C)n([C@H]5CCN(C(=O)CO)C[C@@H]5F)c34)c(Cl)c2)n1.Cc1nc(Oc2ccc(-c3cc4c(cc3F)ncc3nc(C)n([C@H]5CCN(C(=O)CO)C[C@@H]5F)c34)c(Cl)c2)ncc1F. The van der Waals surface area contributed by atoms with Gasteiger partial charge in [-0.2, -0.15) is 4.98 Å². The molecular weight excluding hydrogens is 1130 g/mol. The molecule has 426 valence electrons. The van der Waals surface area contributed by atoms with E-state index in [0.29, 0.717) is 91.8 Å². The van der Waals surface area contributed by atoms with E-state index in [9.17, 15) is 24.2 Å². The summed E-state index contributed by atoms with van der Waals surface area (Å²) in [6.07, 6.45) is 3.49. The van der Waals surface area contributed by atoms with Crippen molar-refractivity contribution in [1.29, 1.82) is 0 Å². The second kappa shape index (κ2) is 23.0. The lowest BCUT2D eigenvalue weighted by Gasteiger charge is -2.35. The van der Waals surface area contributed by atoms with E-state index in [1.807, 2.05) is 11.5 Å². The van der Waals surface area contributed by atoms with E-state index in [2.05, 4.69) is 39.9 Å². The van der Waals surface area contributed by atoms with Crippen LogP contribution in [-0.4, -0.2) is 133 Å². The Morgan fingerprint density at radius 3 is 1.46 bits per heavy atom. The number of aryl methyl sites for hydroxylation is 4. The van der Waals surface area contributed by atoms with Gasteiger partial charge in [0, 0.05) is 82.3 Å². The highest BCUT2D eigenvalue weighted by molar-refractivity contribution is 6.34. The normalized spacial score (nSPS) is 17.3. The first-order chi connectivity index (χ1) is 39.9. The smallest absolute Gasteiger partial charge is 0.322 e. The molecule has 12 rings (SSSR count). The van der Waals surface area contributed by atoms with Crippen molar-refractivity contribution < 1.29 is 51.2 Å². The lowest BCUT2D eigenvalue weighted by atomic mass is 10.00. The van der Waals surface area contributed by atoms with Gasteiger partial charge in [0.1, 0.15) is 71.4 Å². The number of aliphatic hydroxyl groups excluding tert-OH is 2. The van der Waals surface area contributed by atoms with E-state index in [1.54, 1.807) is 79.3 Å². The van der Waals surface area contributed by atoms with Crippen LogP contribution in [0.25, 0.3) is 66.1 Å². The highest BCUT2D eigenvalue weighted by Gasteiger charge is 2.36. The fourth-order valence-electron chi connectivity index (χ4n) is 10.8. The zero-order valence-electron chi connectivity index (χ0n) is 44.7. The van der Waals surface area contributed by atoms with Gasteiger partial charge in [-0.1, -0.05) is 23.2 Å². The Balaban J connectivity index is 0.000000174. The molecule has 0 spiro atoms. The molecule has 0 unspecified atom stereocenters. The number of amides is 2. The van der Waals surface area contributed by atoms with Gasteiger partial charge in [-0.15, -0.1) is 0 Å². The van der Waals surface area contributed by atoms with Gasteiger partial charge in [0.25, 0.3) is 0 Å². The second-order valence-electron chi connectivity index (χ2n) is 20.0. The number of ether oxygens (including phenoxy) is 2. The van der Waals surface area contributed by atoms with E-state index >= 15 is 17.6 Å². The standard InChI is InChI=1S/C29H24ClF3N6O3.C29H25ClF2N6O3/c1-14-22(32)10-35-29(36-14)42-16-3-4-17(20(30)7-16)18-8-19-24(9-21(18)31)34-11-25-28(19)39(15(2)37-25)26-5-6-38(12-23(26)33)27(41)13-40;1-15-5-7-33-29(35-15)41-17-3-4-18(21(30)9-17)19-10-20-24(11-22(19)31)34-12-25-28(20)38(16(2)36-25)26-6-8-37(13-23(26)32)27(40)14-39/h3-4,7-11,23,26,40H,5-6,12-13H2,1-2H3;3-5,7,9-12,23,26,39H,6,8,13-14H2,1-2H3/t2*23-,26-/m00/s1. The number of pyridine rings is 2. The molecule has 0 radical (unpaired) electrons. The van der Waals surface area contributed by atoms with E-state index < -0.39 is 66.9 Å². The van der Waals surface area contributed by atoms with Gasteiger partial charge in [-0.3, -0.25) is 19.6 Å². The predicted molar refractivity (Wildman–Crippen MR) is 298 cm³/mol. The Labute approximate surface area is 479 Å². The van der Waals surface area contributed by atoms with Crippen molar-refractivity contribution in [2.24, 2.45) is 0 Å². The second-order valence-corrected chi connectivity index (χ2v) is 20.8. The van der Waals surface area contributed by atoms with Gasteiger partial charge >= 0.3 is 12.0 Å². The van der Waals surface area contributed by atoms with Crippen molar-refractivity contribution in [2.45, 2.75) is 65.0 Å². The number of carbonyl (C=O) groups excluding carboxylic acids is 2. The number of alkyl halides is 2. The molecule has 2 saturated heterocycles. The third kappa shape index (κ3) is 11.0. The van der Waals surface area contributed by atoms with Crippen LogP contribution in [0.3, 0.4) is 0 Å². The van der Waals surface area contributed by atoms with Gasteiger partial charge in [-0.25, -0.2) is 46.9 Å². The molecular formula is C58H49Cl2F5N12O6. The molecule has 4 aromatic carbocycles. The summed E-state index contributed by atoms with van der Waals surface area (Å²) in [5.41, 5.74) is 5.11. The average Bonchev–Trinajstić information content (AvgIpc) is 4.16. The molecule has 18 nitrogen and oxygen atoms in total. The minimum atomic E-state index is -1.41. The predicted octanol–water partition coefficient (Wildman–Crippen LogP) is 10.8. The first-order valence-corrected chi connectivity index (χ1v) is 26.9. The minimum absolute atomic E-state index is 0.0653. The quantitative estimate of drug-likeness (QED) is 0.122. The highest BCUT2D eigenvalue weighted by Crippen LogP contribution is 2.42. The van der Waals surface area contributed by atoms with E-state index in [-0.39, 0.29) is 64.3 Å². The molecule has 2 aliphatic rings. The number of likely N-dealkylation sites (tertiary alicyclic amines) is 2. The van der Waals surface area contributed by atoms with Gasteiger partial charge in [-0.05, 0) is 83.0 Å². The molecule has 10 aromatic rings. The molecule has 25 heteroatoms. The van der Waals surface area contributed by atoms with Crippen LogP contribution in [0.5, 0.6) is 23.5 Å². The first kappa shape index (κ1) is 56.4. The summed E-state index contributed by atoms with van der Waals surface area (Å²) in [4.78, 5) is 60.5.